The number of carbonyl (C=O) groups is 1. The highest BCUT2D eigenvalue weighted by atomic mass is 32.1. The number of carbonyl (C=O) groups excluding carboxylic acids is 1. The number of hydrogen-bond donors (Lipinski definition) is 1. The number of thiophene rings is 1. The first kappa shape index (κ1) is 16.8. The Morgan fingerprint density at radius 2 is 1.93 bits per heavy atom. The molecule has 5 nitrogen and oxygen atoms in total. The minimum Gasteiger partial charge on any atom is -0.378 e. The fourth-order valence-corrected chi connectivity index (χ4v) is 4.56. The number of nitrogens with one attached hydrogen (secondary N) is 1. The van der Waals surface area contributed by atoms with Crippen molar-refractivity contribution < 1.29 is 9.53 Å². The number of amides is 1. The van der Waals surface area contributed by atoms with Crippen LogP contribution >= 0.6 is 11.3 Å². The summed E-state index contributed by atoms with van der Waals surface area (Å²) in [6, 6.07) is 11.1. The summed E-state index contributed by atoms with van der Waals surface area (Å²) >= 11 is 1.58. The average molecular weight is 382 g/mol. The fourth-order valence-electron chi connectivity index (χ4n) is 3.57. The Hall–Kier alpha value is -2.31. The number of nitrogens with zero attached hydrogens (tertiary/aromatic N) is 2. The van der Waals surface area contributed by atoms with Gasteiger partial charge in [-0.3, -0.25) is 4.79 Å². The van der Waals surface area contributed by atoms with Crippen molar-refractivity contribution in [1.82, 2.24) is 9.88 Å². The molecule has 0 unspecified atom stereocenters. The van der Waals surface area contributed by atoms with Gasteiger partial charge in [-0.15, -0.1) is 11.3 Å². The summed E-state index contributed by atoms with van der Waals surface area (Å²) in [7, 11) is 0. The highest BCUT2D eigenvalue weighted by Crippen LogP contribution is 2.38. The second-order valence-electron chi connectivity index (χ2n) is 7.32. The normalized spacial score (nSPS) is 17.4. The summed E-state index contributed by atoms with van der Waals surface area (Å²) in [5.74, 6) is 0.00595. The molecule has 6 heteroatoms. The molecule has 0 bridgehead atoms. The summed E-state index contributed by atoms with van der Waals surface area (Å²) < 4.78 is 8.89. The molecule has 2 fully saturated rings. The van der Waals surface area contributed by atoms with E-state index in [0.29, 0.717) is 12.6 Å². The van der Waals surface area contributed by atoms with Crippen molar-refractivity contribution in [2.45, 2.75) is 25.4 Å². The molecule has 1 saturated heterocycles. The molecule has 1 saturated carbocycles. The lowest BCUT2D eigenvalue weighted by Gasteiger charge is -2.28. The Bertz CT molecular complexity index is 918. The number of hydrogen-bond acceptors (Lipinski definition) is 4. The minimum absolute atomic E-state index is 0.00595. The first-order valence-electron chi connectivity index (χ1n) is 9.57. The molecular formula is C21H23N3O2S. The van der Waals surface area contributed by atoms with E-state index >= 15 is 0 Å². The van der Waals surface area contributed by atoms with Crippen molar-refractivity contribution in [1.29, 1.82) is 0 Å². The standard InChI is InChI=1S/C21H23N3O2S/c25-21(19-11-16-13-24(18-5-6-18)14-20(16)27-19)22-12-15-1-3-17(4-2-15)23-7-9-26-10-8-23/h1-4,11,13-14,18H,5-10,12H2,(H,22,25). The number of aromatic nitrogens is 1. The van der Waals surface area contributed by atoms with E-state index in [1.807, 2.05) is 6.07 Å². The first-order valence-corrected chi connectivity index (χ1v) is 10.4. The van der Waals surface area contributed by atoms with E-state index in [4.69, 9.17) is 4.74 Å². The molecular weight excluding hydrogens is 358 g/mol. The first-order chi connectivity index (χ1) is 13.3. The van der Waals surface area contributed by atoms with E-state index in [-0.39, 0.29) is 5.91 Å². The van der Waals surface area contributed by atoms with Gasteiger partial charge in [-0.25, -0.2) is 0 Å². The lowest BCUT2D eigenvalue weighted by atomic mass is 10.2. The zero-order valence-electron chi connectivity index (χ0n) is 15.2. The number of benzene rings is 1. The number of morpholine rings is 1. The molecule has 5 rings (SSSR count). The molecule has 27 heavy (non-hydrogen) atoms. The predicted molar refractivity (Wildman–Crippen MR) is 109 cm³/mol. The van der Waals surface area contributed by atoms with Gasteiger partial charge in [0.05, 0.1) is 22.8 Å². The number of rotatable bonds is 5. The number of fused-ring (bicyclic) bond motifs is 1. The molecule has 1 aliphatic carbocycles. The topological polar surface area (TPSA) is 46.5 Å². The van der Waals surface area contributed by atoms with E-state index in [0.717, 1.165) is 36.7 Å². The third-order valence-electron chi connectivity index (χ3n) is 5.30. The Morgan fingerprint density at radius 1 is 1.15 bits per heavy atom. The van der Waals surface area contributed by atoms with Gasteiger partial charge in [-0.2, -0.15) is 0 Å². The van der Waals surface area contributed by atoms with E-state index in [1.165, 1.54) is 28.6 Å². The van der Waals surface area contributed by atoms with Crippen molar-refractivity contribution in [3.05, 3.63) is 53.2 Å². The fraction of sp³-hybridized carbons (Fsp3) is 0.381. The molecule has 0 spiro atoms. The monoisotopic (exact) mass is 381 g/mol. The van der Waals surface area contributed by atoms with Crippen LogP contribution in [0.15, 0.2) is 42.7 Å². The molecule has 2 aliphatic rings. The Balaban J connectivity index is 1.20. The van der Waals surface area contributed by atoms with Crippen LogP contribution in [0.3, 0.4) is 0 Å². The van der Waals surface area contributed by atoms with Crippen LogP contribution in [0.25, 0.3) is 10.1 Å². The average Bonchev–Trinajstić information content (AvgIpc) is 3.37. The van der Waals surface area contributed by atoms with Crippen LogP contribution in [0.2, 0.25) is 0 Å². The van der Waals surface area contributed by atoms with Crippen molar-refractivity contribution in [3.63, 3.8) is 0 Å². The van der Waals surface area contributed by atoms with Gasteiger partial charge in [-0.05, 0) is 36.6 Å². The smallest absolute Gasteiger partial charge is 0.261 e. The molecule has 2 aromatic heterocycles. The van der Waals surface area contributed by atoms with Crippen LogP contribution in [0, 0.1) is 0 Å². The van der Waals surface area contributed by atoms with Gasteiger partial charge in [0.25, 0.3) is 5.91 Å². The van der Waals surface area contributed by atoms with Crippen molar-refractivity contribution in [2.24, 2.45) is 0 Å². The molecule has 0 radical (unpaired) electrons. The molecule has 3 heterocycles. The summed E-state index contributed by atoms with van der Waals surface area (Å²) in [6.45, 7) is 3.99. The van der Waals surface area contributed by atoms with Crippen molar-refractivity contribution >= 4 is 33.0 Å². The van der Waals surface area contributed by atoms with Crippen LogP contribution in [0.1, 0.15) is 34.1 Å². The molecule has 140 valence electrons. The second kappa shape index (κ2) is 7.02. The van der Waals surface area contributed by atoms with Gasteiger partial charge < -0.3 is 19.5 Å². The maximum atomic E-state index is 12.5. The third kappa shape index (κ3) is 3.59. The van der Waals surface area contributed by atoms with E-state index in [1.54, 1.807) is 11.3 Å². The van der Waals surface area contributed by atoms with E-state index in [2.05, 4.69) is 51.4 Å². The third-order valence-corrected chi connectivity index (χ3v) is 6.39. The summed E-state index contributed by atoms with van der Waals surface area (Å²) in [4.78, 5) is 15.6. The zero-order valence-corrected chi connectivity index (χ0v) is 16.0. The van der Waals surface area contributed by atoms with E-state index < -0.39 is 0 Å². The maximum absolute atomic E-state index is 12.5. The minimum atomic E-state index is 0.00595. The molecule has 1 aliphatic heterocycles. The van der Waals surface area contributed by atoms with Crippen LogP contribution in [0.5, 0.6) is 0 Å². The van der Waals surface area contributed by atoms with Crippen LogP contribution < -0.4 is 10.2 Å². The van der Waals surface area contributed by atoms with Crippen molar-refractivity contribution in [2.75, 3.05) is 31.2 Å². The number of anilines is 1. The van der Waals surface area contributed by atoms with Gasteiger partial charge in [0.2, 0.25) is 0 Å². The largest absolute Gasteiger partial charge is 0.378 e. The Labute approximate surface area is 162 Å². The van der Waals surface area contributed by atoms with Gasteiger partial charge >= 0.3 is 0 Å². The van der Waals surface area contributed by atoms with Crippen LogP contribution in [-0.2, 0) is 11.3 Å². The molecule has 3 aromatic rings. The van der Waals surface area contributed by atoms with Gasteiger partial charge in [0.1, 0.15) is 0 Å². The summed E-state index contributed by atoms with van der Waals surface area (Å²) in [5, 5.41) is 4.22. The van der Waals surface area contributed by atoms with Crippen LogP contribution in [0.4, 0.5) is 5.69 Å². The summed E-state index contributed by atoms with van der Waals surface area (Å²) in [5.41, 5.74) is 2.33. The number of ether oxygens (including phenoxy) is 1. The van der Waals surface area contributed by atoms with Gasteiger partial charge in [0.15, 0.2) is 0 Å². The highest BCUT2D eigenvalue weighted by molar-refractivity contribution is 7.20. The van der Waals surface area contributed by atoms with E-state index in [9.17, 15) is 4.79 Å². The van der Waals surface area contributed by atoms with Gasteiger partial charge in [0, 0.05) is 49.1 Å². The van der Waals surface area contributed by atoms with Gasteiger partial charge in [-0.1, -0.05) is 12.1 Å². The van der Waals surface area contributed by atoms with Crippen LogP contribution in [-0.4, -0.2) is 36.8 Å². The maximum Gasteiger partial charge on any atom is 0.261 e. The molecule has 1 N–H and O–H groups in total. The summed E-state index contributed by atoms with van der Waals surface area (Å²) in [6.07, 6.45) is 6.91. The van der Waals surface area contributed by atoms with Crippen molar-refractivity contribution in [3.8, 4) is 0 Å². The second-order valence-corrected chi connectivity index (χ2v) is 8.40. The Kier molecular flexibility index (Phi) is 4.38. The Morgan fingerprint density at radius 3 is 2.63 bits per heavy atom. The predicted octanol–water partition coefficient (Wildman–Crippen LogP) is 3.80. The highest BCUT2D eigenvalue weighted by Gasteiger charge is 2.24. The molecule has 1 aromatic carbocycles. The lowest BCUT2D eigenvalue weighted by molar-refractivity contribution is 0.0955. The lowest BCUT2D eigenvalue weighted by Crippen LogP contribution is -2.36. The quantitative estimate of drug-likeness (QED) is 0.731. The zero-order chi connectivity index (χ0) is 18.2. The SMILES string of the molecule is O=C(NCc1ccc(N2CCOCC2)cc1)c1cc2cn(C3CC3)cc2s1. The molecule has 1 amide bonds. The molecule has 0 atom stereocenters.